The molecule has 0 aliphatic heterocycles. The molecule has 4 aromatic rings. The van der Waals surface area contributed by atoms with Gasteiger partial charge in [-0.25, -0.2) is 4.39 Å². The Labute approximate surface area is 234 Å². The molecule has 10 nitrogen and oxygen atoms in total. The molecule has 1 heterocycles. The minimum absolute atomic E-state index is 0.0323. The van der Waals surface area contributed by atoms with Crippen LogP contribution in [0.4, 0.5) is 10.1 Å². The smallest absolute Gasteiger partial charge is 0.251 e. The quantitative estimate of drug-likeness (QED) is 0.242. The van der Waals surface area contributed by atoms with Crippen LogP contribution in [0.5, 0.6) is 17.2 Å². The summed E-state index contributed by atoms with van der Waals surface area (Å²) in [6, 6.07) is 17.7. The molecule has 2 N–H and O–H groups in total. The lowest BCUT2D eigenvalue weighted by Crippen LogP contribution is -2.24. The fourth-order valence-electron chi connectivity index (χ4n) is 3.72. The van der Waals surface area contributed by atoms with E-state index in [4.69, 9.17) is 14.2 Å². The number of benzene rings is 3. The fraction of sp³-hybridized carbons (Fsp3) is 0.214. The minimum Gasteiger partial charge on any atom is -0.494 e. The summed E-state index contributed by atoms with van der Waals surface area (Å²) in [5.74, 6) is 1.13. The van der Waals surface area contributed by atoms with Crippen LogP contribution in [0.1, 0.15) is 23.1 Å². The highest BCUT2D eigenvalue weighted by Gasteiger charge is 2.18. The number of carbonyl (C=O) groups excluding carboxylic acids is 2. The molecule has 1 aromatic heterocycles. The molecule has 0 atom stereocenters. The van der Waals surface area contributed by atoms with Gasteiger partial charge in [0.05, 0.1) is 33.1 Å². The molecule has 0 unspecified atom stereocenters. The van der Waals surface area contributed by atoms with Gasteiger partial charge in [0.1, 0.15) is 11.6 Å². The zero-order chi connectivity index (χ0) is 28.5. The zero-order valence-electron chi connectivity index (χ0n) is 22.1. The van der Waals surface area contributed by atoms with Crippen molar-refractivity contribution >= 4 is 29.3 Å². The van der Waals surface area contributed by atoms with Gasteiger partial charge in [-0.15, -0.1) is 10.2 Å². The van der Waals surface area contributed by atoms with E-state index in [1.54, 1.807) is 22.8 Å². The Hall–Kier alpha value is -4.58. The van der Waals surface area contributed by atoms with Gasteiger partial charge in [0.25, 0.3) is 5.91 Å². The molecule has 0 aliphatic rings. The van der Waals surface area contributed by atoms with Crippen molar-refractivity contribution in [3.05, 3.63) is 83.9 Å². The van der Waals surface area contributed by atoms with Crippen LogP contribution in [0.15, 0.2) is 71.9 Å². The number of amides is 2. The van der Waals surface area contributed by atoms with Crippen LogP contribution in [-0.2, 0) is 11.3 Å². The molecule has 208 valence electrons. The monoisotopic (exact) mass is 565 g/mol. The van der Waals surface area contributed by atoms with E-state index < -0.39 is 0 Å². The first kappa shape index (κ1) is 28.4. The largest absolute Gasteiger partial charge is 0.494 e. The highest BCUT2D eigenvalue weighted by molar-refractivity contribution is 7.99. The lowest BCUT2D eigenvalue weighted by Gasteiger charge is -2.13. The van der Waals surface area contributed by atoms with Crippen molar-refractivity contribution in [2.45, 2.75) is 18.6 Å². The van der Waals surface area contributed by atoms with Gasteiger partial charge >= 0.3 is 0 Å². The van der Waals surface area contributed by atoms with Gasteiger partial charge in [-0.3, -0.25) is 14.2 Å². The van der Waals surface area contributed by atoms with Crippen LogP contribution in [0.25, 0.3) is 5.69 Å². The number of hydrogen-bond donors (Lipinski definition) is 2. The molecule has 12 heteroatoms. The van der Waals surface area contributed by atoms with Crippen molar-refractivity contribution in [1.29, 1.82) is 0 Å². The Morgan fingerprint density at radius 3 is 2.35 bits per heavy atom. The maximum Gasteiger partial charge on any atom is 0.251 e. The molecule has 0 saturated heterocycles. The summed E-state index contributed by atoms with van der Waals surface area (Å²) in [6.07, 6.45) is 0. The number of rotatable bonds is 12. The molecule has 2 amide bonds. The average molecular weight is 566 g/mol. The van der Waals surface area contributed by atoms with Gasteiger partial charge in [0.2, 0.25) is 5.91 Å². The van der Waals surface area contributed by atoms with Crippen LogP contribution >= 0.6 is 11.8 Å². The Bertz CT molecular complexity index is 1460. The number of anilines is 1. The van der Waals surface area contributed by atoms with Crippen molar-refractivity contribution in [3.63, 3.8) is 0 Å². The van der Waals surface area contributed by atoms with Crippen molar-refractivity contribution < 1.29 is 28.2 Å². The van der Waals surface area contributed by atoms with Crippen LogP contribution < -0.4 is 24.8 Å². The number of ether oxygens (including phenoxy) is 3. The summed E-state index contributed by atoms with van der Waals surface area (Å²) < 4.78 is 31.0. The maximum atomic E-state index is 13.2. The second kappa shape index (κ2) is 13.5. The van der Waals surface area contributed by atoms with E-state index in [0.29, 0.717) is 46.1 Å². The molecule has 0 bridgehead atoms. The first-order valence-corrected chi connectivity index (χ1v) is 13.3. The van der Waals surface area contributed by atoms with Crippen molar-refractivity contribution in [2.24, 2.45) is 0 Å². The third-order valence-corrected chi connectivity index (χ3v) is 6.55. The van der Waals surface area contributed by atoms with Gasteiger partial charge in [-0.2, -0.15) is 0 Å². The number of aromatic nitrogens is 3. The summed E-state index contributed by atoms with van der Waals surface area (Å²) in [6.45, 7) is 2.50. The molecule has 40 heavy (non-hydrogen) atoms. The van der Waals surface area contributed by atoms with E-state index >= 15 is 0 Å². The Kier molecular flexibility index (Phi) is 9.57. The third-order valence-electron chi connectivity index (χ3n) is 5.62. The van der Waals surface area contributed by atoms with Crippen LogP contribution in [-0.4, -0.2) is 53.2 Å². The first-order chi connectivity index (χ1) is 19.4. The van der Waals surface area contributed by atoms with Gasteiger partial charge in [-0.05, 0) is 73.7 Å². The molecule has 3 aromatic carbocycles. The average Bonchev–Trinajstić information content (AvgIpc) is 3.38. The summed E-state index contributed by atoms with van der Waals surface area (Å²) in [5.41, 5.74) is 1.60. The molecule has 0 radical (unpaired) electrons. The summed E-state index contributed by atoms with van der Waals surface area (Å²) in [7, 11) is 3.02. The summed E-state index contributed by atoms with van der Waals surface area (Å²) in [5, 5.41) is 14.6. The van der Waals surface area contributed by atoms with E-state index in [-0.39, 0.29) is 29.9 Å². The van der Waals surface area contributed by atoms with Gasteiger partial charge in [-0.1, -0.05) is 11.8 Å². The highest BCUT2D eigenvalue weighted by Crippen LogP contribution is 2.28. The molecule has 0 saturated carbocycles. The number of methoxy groups -OCH3 is 2. The van der Waals surface area contributed by atoms with Crippen LogP contribution in [0.3, 0.4) is 0 Å². The summed E-state index contributed by atoms with van der Waals surface area (Å²) in [4.78, 5) is 25.4. The maximum absolute atomic E-state index is 13.2. The second-order valence-electron chi connectivity index (χ2n) is 8.26. The fourth-order valence-corrected chi connectivity index (χ4v) is 4.50. The van der Waals surface area contributed by atoms with Gasteiger partial charge < -0.3 is 24.8 Å². The second-order valence-corrected chi connectivity index (χ2v) is 9.20. The number of halogens is 1. The highest BCUT2D eigenvalue weighted by atomic mass is 32.2. The van der Waals surface area contributed by atoms with E-state index in [2.05, 4.69) is 20.8 Å². The molecule has 0 fully saturated rings. The van der Waals surface area contributed by atoms with Crippen LogP contribution in [0.2, 0.25) is 0 Å². The Morgan fingerprint density at radius 1 is 0.950 bits per heavy atom. The standard InChI is InChI=1S/C28H28FN5O5S/c1-4-39-22-12-10-21(11-13-22)34-25(16-30-27(36)18-5-14-23(37-2)24(15-18)38-3)32-33-28(34)40-17-26(35)31-20-8-6-19(29)7-9-20/h5-15H,4,16-17H2,1-3H3,(H,30,36)(H,31,35). The van der Waals surface area contributed by atoms with E-state index in [0.717, 1.165) is 5.69 Å². The van der Waals surface area contributed by atoms with E-state index in [9.17, 15) is 14.0 Å². The lowest BCUT2D eigenvalue weighted by molar-refractivity contribution is -0.113. The molecular weight excluding hydrogens is 537 g/mol. The number of carbonyl (C=O) groups is 2. The third kappa shape index (κ3) is 7.08. The lowest BCUT2D eigenvalue weighted by atomic mass is 10.2. The zero-order valence-corrected chi connectivity index (χ0v) is 23.0. The topological polar surface area (TPSA) is 117 Å². The molecular formula is C28H28FN5O5S. The predicted octanol–water partition coefficient (Wildman–Crippen LogP) is 4.48. The summed E-state index contributed by atoms with van der Waals surface area (Å²) >= 11 is 1.18. The van der Waals surface area contributed by atoms with Crippen molar-refractivity contribution in [1.82, 2.24) is 20.1 Å². The van der Waals surface area contributed by atoms with Crippen LogP contribution in [0, 0.1) is 5.82 Å². The van der Waals surface area contributed by atoms with E-state index in [1.807, 2.05) is 31.2 Å². The van der Waals surface area contributed by atoms with Crippen molar-refractivity contribution in [2.75, 3.05) is 31.9 Å². The molecule has 0 aliphatic carbocycles. The normalized spacial score (nSPS) is 10.6. The van der Waals surface area contributed by atoms with Gasteiger partial charge in [0, 0.05) is 16.9 Å². The number of hydrogen-bond acceptors (Lipinski definition) is 8. The molecule has 4 rings (SSSR count). The Balaban J connectivity index is 1.52. The Morgan fingerprint density at radius 2 is 1.68 bits per heavy atom. The first-order valence-electron chi connectivity index (χ1n) is 12.3. The predicted molar refractivity (Wildman–Crippen MR) is 149 cm³/mol. The molecule has 0 spiro atoms. The minimum atomic E-state index is -0.387. The number of nitrogens with zero attached hydrogens (tertiary/aromatic N) is 3. The number of nitrogens with one attached hydrogen (secondary N) is 2. The van der Waals surface area contributed by atoms with Crippen molar-refractivity contribution in [3.8, 4) is 22.9 Å². The SMILES string of the molecule is CCOc1ccc(-n2c(CNC(=O)c3ccc(OC)c(OC)c3)nnc2SCC(=O)Nc2ccc(F)cc2)cc1. The van der Waals surface area contributed by atoms with E-state index in [1.165, 1.54) is 50.2 Å². The van der Waals surface area contributed by atoms with Gasteiger partial charge in [0.15, 0.2) is 22.5 Å². The number of thioether (sulfide) groups is 1.